The van der Waals surface area contributed by atoms with Crippen molar-refractivity contribution in [1.82, 2.24) is 10.6 Å². The summed E-state index contributed by atoms with van der Waals surface area (Å²) in [5.74, 6) is 3.36. The van der Waals surface area contributed by atoms with Crippen molar-refractivity contribution in [3.05, 3.63) is 23.3 Å². The fraction of sp³-hybridized carbons (Fsp3) is 0.667. The predicted molar refractivity (Wildman–Crippen MR) is 106 cm³/mol. The maximum Gasteiger partial charge on any atom is 0.191 e. The van der Waals surface area contributed by atoms with Crippen LogP contribution in [0.2, 0.25) is 0 Å². The third kappa shape index (κ3) is 4.15. The van der Waals surface area contributed by atoms with Crippen LogP contribution in [0.5, 0.6) is 11.5 Å². The fourth-order valence-electron chi connectivity index (χ4n) is 4.11. The van der Waals surface area contributed by atoms with E-state index in [9.17, 15) is 0 Å². The maximum absolute atomic E-state index is 5.97. The van der Waals surface area contributed by atoms with E-state index in [0.717, 1.165) is 56.4 Å². The zero-order chi connectivity index (χ0) is 18.8. The van der Waals surface area contributed by atoms with Crippen molar-refractivity contribution in [2.75, 3.05) is 26.9 Å². The summed E-state index contributed by atoms with van der Waals surface area (Å²) in [5.41, 5.74) is 2.51. The smallest absolute Gasteiger partial charge is 0.191 e. The minimum absolute atomic E-state index is 0.250. The van der Waals surface area contributed by atoms with Gasteiger partial charge < -0.3 is 24.8 Å². The van der Waals surface area contributed by atoms with Gasteiger partial charge in [0.15, 0.2) is 5.96 Å². The summed E-state index contributed by atoms with van der Waals surface area (Å²) in [7, 11) is 1.84. The van der Waals surface area contributed by atoms with Crippen LogP contribution >= 0.6 is 0 Å². The monoisotopic (exact) mass is 373 g/mol. The first kappa shape index (κ1) is 18.4. The molecule has 2 aliphatic heterocycles. The molecule has 1 aromatic carbocycles. The van der Waals surface area contributed by atoms with Crippen molar-refractivity contribution in [1.29, 1.82) is 0 Å². The second kappa shape index (κ2) is 7.97. The van der Waals surface area contributed by atoms with E-state index in [2.05, 4.69) is 34.7 Å². The third-order valence-corrected chi connectivity index (χ3v) is 5.63. The summed E-state index contributed by atoms with van der Waals surface area (Å²) in [6.07, 6.45) is 4.36. The molecule has 1 saturated carbocycles. The van der Waals surface area contributed by atoms with Crippen LogP contribution in [-0.2, 0) is 11.2 Å². The number of aliphatic imine (C=N–C) groups is 1. The number of hydrogen-bond acceptors (Lipinski definition) is 4. The molecule has 0 spiro atoms. The van der Waals surface area contributed by atoms with E-state index < -0.39 is 0 Å². The van der Waals surface area contributed by atoms with Crippen LogP contribution in [-0.4, -0.2) is 51.0 Å². The van der Waals surface area contributed by atoms with Gasteiger partial charge in [0, 0.05) is 55.8 Å². The molecule has 1 aliphatic carbocycles. The molecule has 2 fully saturated rings. The lowest BCUT2D eigenvalue weighted by Gasteiger charge is -2.25. The molecule has 3 unspecified atom stereocenters. The zero-order valence-electron chi connectivity index (χ0n) is 16.6. The van der Waals surface area contributed by atoms with Crippen molar-refractivity contribution < 1.29 is 14.2 Å². The van der Waals surface area contributed by atoms with E-state index in [-0.39, 0.29) is 6.10 Å². The van der Waals surface area contributed by atoms with E-state index in [0.29, 0.717) is 24.6 Å². The molecule has 0 aromatic heterocycles. The van der Waals surface area contributed by atoms with Gasteiger partial charge in [0.05, 0.1) is 6.61 Å². The Balaban J connectivity index is 1.42. The lowest BCUT2D eigenvalue weighted by Crippen LogP contribution is -2.46. The van der Waals surface area contributed by atoms with E-state index in [1.165, 1.54) is 11.1 Å². The highest BCUT2D eigenvalue weighted by Crippen LogP contribution is 2.48. The van der Waals surface area contributed by atoms with Gasteiger partial charge in [0.1, 0.15) is 17.6 Å². The Morgan fingerprint density at radius 3 is 2.81 bits per heavy atom. The normalized spacial score (nSPS) is 27.7. The van der Waals surface area contributed by atoms with Gasteiger partial charge in [-0.05, 0) is 45.2 Å². The second-order valence-corrected chi connectivity index (χ2v) is 7.76. The number of fused-ring (bicyclic) bond motifs is 1. The number of benzene rings is 1. The summed E-state index contributed by atoms with van der Waals surface area (Å²) >= 11 is 0. The Labute approximate surface area is 161 Å². The topological polar surface area (TPSA) is 64.1 Å². The first-order valence-electron chi connectivity index (χ1n) is 10.2. The van der Waals surface area contributed by atoms with Gasteiger partial charge in [-0.1, -0.05) is 0 Å². The molecule has 6 heteroatoms. The number of rotatable bonds is 5. The first-order valence-corrected chi connectivity index (χ1v) is 10.2. The molecular formula is C21H31N3O3. The molecule has 3 atom stereocenters. The van der Waals surface area contributed by atoms with Crippen molar-refractivity contribution in [2.24, 2.45) is 4.99 Å². The summed E-state index contributed by atoms with van der Waals surface area (Å²) in [6, 6.07) is 5.20. The molecular weight excluding hydrogens is 342 g/mol. The number of nitrogens with one attached hydrogen (secondary N) is 2. The van der Waals surface area contributed by atoms with E-state index in [1.807, 2.05) is 14.0 Å². The van der Waals surface area contributed by atoms with E-state index in [1.54, 1.807) is 0 Å². The standard InChI is InChI=1S/C21H31N3O3/c1-4-26-20-10-14-9-13(2)27-19(14)12-17(20)16-11-18(16)24-21(22-3)23-15-5-7-25-8-6-15/h10,12-13,15-16,18H,4-9,11H2,1-3H3,(H2,22,23,24). The Bertz CT molecular complexity index is 700. The molecule has 1 saturated heterocycles. The summed E-state index contributed by atoms with van der Waals surface area (Å²) < 4.78 is 17.4. The maximum atomic E-state index is 5.97. The predicted octanol–water partition coefficient (Wildman–Crippen LogP) is 2.61. The summed E-state index contributed by atoms with van der Waals surface area (Å²) in [4.78, 5) is 4.41. The van der Waals surface area contributed by atoms with Gasteiger partial charge in [-0.15, -0.1) is 0 Å². The Hall–Kier alpha value is -1.95. The second-order valence-electron chi connectivity index (χ2n) is 7.76. The van der Waals surface area contributed by atoms with Gasteiger partial charge in [-0.25, -0.2) is 0 Å². The molecule has 1 aromatic rings. The molecule has 6 nitrogen and oxygen atoms in total. The molecule has 2 heterocycles. The lowest BCUT2D eigenvalue weighted by molar-refractivity contribution is 0.0822. The van der Waals surface area contributed by atoms with Gasteiger partial charge in [-0.3, -0.25) is 4.99 Å². The van der Waals surface area contributed by atoms with Gasteiger partial charge >= 0.3 is 0 Å². The minimum atomic E-state index is 0.250. The summed E-state index contributed by atoms with van der Waals surface area (Å²) in [5, 5.41) is 7.12. The van der Waals surface area contributed by atoms with Crippen LogP contribution in [0.15, 0.2) is 17.1 Å². The molecule has 0 bridgehead atoms. The minimum Gasteiger partial charge on any atom is -0.494 e. The van der Waals surface area contributed by atoms with Crippen LogP contribution in [0, 0.1) is 0 Å². The van der Waals surface area contributed by atoms with E-state index >= 15 is 0 Å². The average Bonchev–Trinajstić information content (AvgIpc) is 3.33. The molecule has 0 radical (unpaired) electrons. The van der Waals surface area contributed by atoms with Gasteiger partial charge in [0.25, 0.3) is 0 Å². The molecule has 148 valence electrons. The number of guanidine groups is 1. The van der Waals surface area contributed by atoms with Crippen molar-refractivity contribution in [2.45, 2.75) is 63.6 Å². The van der Waals surface area contributed by atoms with Crippen LogP contribution in [0.25, 0.3) is 0 Å². The lowest BCUT2D eigenvalue weighted by atomic mass is 10.0. The quantitative estimate of drug-likeness (QED) is 0.614. The van der Waals surface area contributed by atoms with E-state index in [4.69, 9.17) is 14.2 Å². The molecule has 27 heavy (non-hydrogen) atoms. The van der Waals surface area contributed by atoms with Crippen molar-refractivity contribution >= 4 is 5.96 Å². The van der Waals surface area contributed by atoms with Crippen molar-refractivity contribution in [3.8, 4) is 11.5 Å². The Kier molecular flexibility index (Phi) is 5.43. The van der Waals surface area contributed by atoms with Crippen LogP contribution < -0.4 is 20.1 Å². The zero-order valence-corrected chi connectivity index (χ0v) is 16.6. The fourth-order valence-corrected chi connectivity index (χ4v) is 4.11. The van der Waals surface area contributed by atoms with Gasteiger partial charge in [-0.2, -0.15) is 0 Å². The highest BCUT2D eigenvalue weighted by molar-refractivity contribution is 5.81. The Morgan fingerprint density at radius 2 is 2.07 bits per heavy atom. The van der Waals surface area contributed by atoms with Crippen LogP contribution in [0.3, 0.4) is 0 Å². The van der Waals surface area contributed by atoms with Crippen LogP contribution in [0.4, 0.5) is 0 Å². The Morgan fingerprint density at radius 1 is 1.26 bits per heavy atom. The number of ether oxygens (including phenoxy) is 3. The highest BCUT2D eigenvalue weighted by atomic mass is 16.5. The van der Waals surface area contributed by atoms with Gasteiger partial charge in [0.2, 0.25) is 0 Å². The van der Waals surface area contributed by atoms with Crippen molar-refractivity contribution in [3.63, 3.8) is 0 Å². The highest BCUT2D eigenvalue weighted by Gasteiger charge is 2.42. The molecule has 3 aliphatic rings. The average molecular weight is 373 g/mol. The number of nitrogens with zero attached hydrogens (tertiary/aromatic N) is 1. The summed E-state index contributed by atoms with van der Waals surface area (Å²) in [6.45, 7) is 6.49. The third-order valence-electron chi connectivity index (χ3n) is 5.63. The van der Waals surface area contributed by atoms with Crippen LogP contribution in [0.1, 0.15) is 50.2 Å². The largest absolute Gasteiger partial charge is 0.494 e. The SMILES string of the molecule is CCOc1cc2c(cc1C1CC1NC(=NC)NC1CCOCC1)OC(C)C2. The molecule has 0 amide bonds. The first-order chi connectivity index (χ1) is 13.2. The molecule has 4 rings (SSSR count). The number of hydrogen-bond donors (Lipinski definition) is 2. The molecule has 2 N–H and O–H groups in total.